The zero-order chi connectivity index (χ0) is 22.2. The lowest BCUT2D eigenvalue weighted by atomic mass is 10.1. The van der Waals surface area contributed by atoms with Gasteiger partial charge in [0.05, 0.1) is 10.9 Å². The minimum Gasteiger partial charge on any atom is -0.296 e. The number of nitrogens with one attached hydrogen (secondary N) is 1. The van der Waals surface area contributed by atoms with Crippen LogP contribution in [0.1, 0.15) is 41.0 Å². The summed E-state index contributed by atoms with van der Waals surface area (Å²) < 4.78 is 15.4. The van der Waals surface area contributed by atoms with Gasteiger partial charge in [0.15, 0.2) is 0 Å². The minimum atomic E-state index is -0.373. The second-order valence-electron chi connectivity index (χ2n) is 7.85. The molecular formula is C23H20FN5O2S. The van der Waals surface area contributed by atoms with Crippen molar-refractivity contribution in [3.63, 3.8) is 0 Å². The van der Waals surface area contributed by atoms with E-state index in [1.54, 1.807) is 28.8 Å². The van der Waals surface area contributed by atoms with Crippen LogP contribution in [0.2, 0.25) is 0 Å². The van der Waals surface area contributed by atoms with Crippen LogP contribution in [-0.2, 0) is 13.0 Å². The van der Waals surface area contributed by atoms with E-state index in [0.29, 0.717) is 38.7 Å². The van der Waals surface area contributed by atoms with Crippen molar-refractivity contribution in [2.45, 2.75) is 39.2 Å². The molecule has 4 aromatic rings. The molecule has 0 saturated heterocycles. The second-order valence-corrected chi connectivity index (χ2v) is 8.83. The number of amides is 1. The maximum absolute atomic E-state index is 13.6. The molecule has 0 saturated carbocycles. The van der Waals surface area contributed by atoms with Crippen LogP contribution in [0.5, 0.6) is 0 Å². The molecule has 32 heavy (non-hydrogen) atoms. The van der Waals surface area contributed by atoms with Gasteiger partial charge in [-0.1, -0.05) is 23.8 Å². The third-order valence-corrected chi connectivity index (χ3v) is 6.53. The van der Waals surface area contributed by atoms with Gasteiger partial charge in [0.2, 0.25) is 5.13 Å². The SMILES string of the molecule is Cc1ccc(F)cc1-c1nnc(NC(=O)c2ccc3c(=O)n4c(nc3c2)CCCCC4)s1. The quantitative estimate of drug-likeness (QED) is 0.503. The van der Waals surface area contributed by atoms with Crippen LogP contribution in [0.15, 0.2) is 41.2 Å². The molecule has 9 heteroatoms. The number of rotatable bonds is 3. The highest BCUT2D eigenvalue weighted by molar-refractivity contribution is 7.18. The molecule has 2 aromatic carbocycles. The maximum atomic E-state index is 13.6. The van der Waals surface area contributed by atoms with Gasteiger partial charge in [-0.3, -0.25) is 19.5 Å². The fourth-order valence-electron chi connectivity index (χ4n) is 3.94. The molecule has 0 aliphatic carbocycles. The zero-order valence-corrected chi connectivity index (χ0v) is 18.2. The molecule has 1 amide bonds. The number of aromatic nitrogens is 4. The summed E-state index contributed by atoms with van der Waals surface area (Å²) in [7, 11) is 0. The van der Waals surface area contributed by atoms with Gasteiger partial charge in [0, 0.05) is 24.1 Å². The zero-order valence-electron chi connectivity index (χ0n) is 17.4. The smallest absolute Gasteiger partial charge is 0.261 e. The number of nitrogens with zero attached hydrogens (tertiary/aromatic N) is 4. The maximum Gasteiger partial charge on any atom is 0.261 e. The number of hydrogen-bond acceptors (Lipinski definition) is 6. The third kappa shape index (κ3) is 3.80. The molecule has 0 radical (unpaired) electrons. The highest BCUT2D eigenvalue weighted by atomic mass is 32.1. The van der Waals surface area contributed by atoms with Crippen LogP contribution in [0.25, 0.3) is 21.5 Å². The van der Waals surface area contributed by atoms with Gasteiger partial charge in [0.25, 0.3) is 11.5 Å². The van der Waals surface area contributed by atoms with E-state index in [9.17, 15) is 14.0 Å². The number of benzene rings is 2. The number of anilines is 1. The molecule has 0 spiro atoms. The van der Waals surface area contributed by atoms with Gasteiger partial charge in [-0.25, -0.2) is 9.37 Å². The highest BCUT2D eigenvalue weighted by Gasteiger charge is 2.17. The summed E-state index contributed by atoms with van der Waals surface area (Å²) in [4.78, 5) is 30.3. The van der Waals surface area contributed by atoms with Gasteiger partial charge in [-0.2, -0.15) is 0 Å². The minimum absolute atomic E-state index is 0.0573. The van der Waals surface area contributed by atoms with Crippen molar-refractivity contribution in [1.29, 1.82) is 0 Å². The topological polar surface area (TPSA) is 89.8 Å². The van der Waals surface area contributed by atoms with Crippen molar-refractivity contribution in [3.05, 3.63) is 69.5 Å². The van der Waals surface area contributed by atoms with E-state index in [1.807, 2.05) is 6.92 Å². The predicted octanol–water partition coefficient (Wildman–Crippen LogP) is 4.34. The average Bonchev–Trinajstić information content (AvgIpc) is 3.11. The Labute approximate surface area is 187 Å². The molecule has 1 N–H and O–H groups in total. The molecular weight excluding hydrogens is 429 g/mol. The van der Waals surface area contributed by atoms with Gasteiger partial charge < -0.3 is 0 Å². The van der Waals surface area contributed by atoms with Crippen molar-refractivity contribution in [2.75, 3.05) is 5.32 Å². The largest absolute Gasteiger partial charge is 0.296 e. The molecule has 1 aliphatic rings. The Hall–Kier alpha value is -3.46. The molecule has 1 aliphatic heterocycles. The number of fused-ring (bicyclic) bond motifs is 2. The first-order valence-corrected chi connectivity index (χ1v) is 11.3. The lowest BCUT2D eigenvalue weighted by molar-refractivity contribution is 0.102. The Kier molecular flexibility index (Phi) is 5.26. The van der Waals surface area contributed by atoms with Crippen molar-refractivity contribution in [2.24, 2.45) is 0 Å². The molecule has 3 heterocycles. The van der Waals surface area contributed by atoms with Crippen molar-refractivity contribution in [3.8, 4) is 10.6 Å². The molecule has 0 bridgehead atoms. The van der Waals surface area contributed by atoms with Crippen LogP contribution in [0.3, 0.4) is 0 Å². The van der Waals surface area contributed by atoms with Crippen molar-refractivity contribution in [1.82, 2.24) is 19.7 Å². The monoisotopic (exact) mass is 449 g/mol. The van der Waals surface area contributed by atoms with E-state index in [4.69, 9.17) is 0 Å². The Morgan fingerprint density at radius 1 is 1.12 bits per heavy atom. The van der Waals surface area contributed by atoms with E-state index in [0.717, 1.165) is 37.1 Å². The number of halogens is 1. The Morgan fingerprint density at radius 3 is 2.88 bits per heavy atom. The van der Waals surface area contributed by atoms with E-state index in [2.05, 4.69) is 20.5 Å². The normalized spacial score (nSPS) is 13.6. The summed E-state index contributed by atoms with van der Waals surface area (Å²) in [6.07, 6.45) is 3.81. The fourth-order valence-corrected chi connectivity index (χ4v) is 4.76. The summed E-state index contributed by atoms with van der Waals surface area (Å²) in [5.74, 6) is 0.0445. The van der Waals surface area contributed by atoms with Crippen molar-refractivity contribution < 1.29 is 9.18 Å². The third-order valence-electron chi connectivity index (χ3n) is 5.65. The first kappa shape index (κ1) is 20.4. The Bertz CT molecular complexity index is 1410. The average molecular weight is 450 g/mol. The fraction of sp³-hybridized carbons (Fsp3) is 0.261. The van der Waals surface area contributed by atoms with Gasteiger partial charge in [0.1, 0.15) is 16.6 Å². The molecule has 0 fully saturated rings. The molecule has 2 aromatic heterocycles. The number of aryl methyl sites for hydroxylation is 2. The standard InChI is InChI=1S/C23H20FN5O2S/c1-13-6-8-15(24)12-17(13)21-27-28-23(32-21)26-20(30)14-7-9-16-18(11-14)25-19-5-3-2-4-10-29(19)22(16)31/h6-9,11-12H,2-5,10H2,1H3,(H,26,28,30). The van der Waals surface area contributed by atoms with E-state index < -0.39 is 0 Å². The Balaban J connectivity index is 1.42. The summed E-state index contributed by atoms with van der Waals surface area (Å²) in [5, 5.41) is 12.2. The lowest BCUT2D eigenvalue weighted by Gasteiger charge is -2.10. The van der Waals surface area contributed by atoms with E-state index >= 15 is 0 Å². The lowest BCUT2D eigenvalue weighted by Crippen LogP contribution is -2.24. The molecule has 162 valence electrons. The first-order chi connectivity index (χ1) is 15.5. The van der Waals surface area contributed by atoms with E-state index in [1.165, 1.54) is 23.5 Å². The molecule has 5 rings (SSSR count). The summed E-state index contributed by atoms with van der Waals surface area (Å²) in [5.41, 5.74) is 2.34. The highest BCUT2D eigenvalue weighted by Crippen LogP contribution is 2.29. The summed E-state index contributed by atoms with van der Waals surface area (Å²) in [6.45, 7) is 2.54. The van der Waals surface area contributed by atoms with Crippen molar-refractivity contribution >= 4 is 33.3 Å². The second kappa shape index (κ2) is 8.23. The Morgan fingerprint density at radius 2 is 2.00 bits per heavy atom. The van der Waals surface area contributed by atoms with Crippen LogP contribution >= 0.6 is 11.3 Å². The molecule has 0 unspecified atom stereocenters. The number of carbonyl (C=O) groups excluding carboxylic acids is 1. The number of hydrogen-bond donors (Lipinski definition) is 1. The van der Waals surface area contributed by atoms with Gasteiger partial charge >= 0.3 is 0 Å². The van der Waals surface area contributed by atoms with Crippen LogP contribution in [0.4, 0.5) is 9.52 Å². The van der Waals surface area contributed by atoms with E-state index in [-0.39, 0.29) is 17.3 Å². The predicted molar refractivity (Wildman–Crippen MR) is 122 cm³/mol. The van der Waals surface area contributed by atoms with Crippen LogP contribution < -0.4 is 10.9 Å². The molecule has 0 atom stereocenters. The van der Waals surface area contributed by atoms with Crippen LogP contribution in [0, 0.1) is 12.7 Å². The summed E-state index contributed by atoms with van der Waals surface area (Å²) in [6, 6.07) is 9.37. The van der Waals surface area contributed by atoms with Gasteiger partial charge in [-0.15, -0.1) is 10.2 Å². The molecule has 7 nitrogen and oxygen atoms in total. The van der Waals surface area contributed by atoms with Gasteiger partial charge in [-0.05, 0) is 55.7 Å². The number of carbonyl (C=O) groups is 1. The first-order valence-electron chi connectivity index (χ1n) is 10.4. The van der Waals surface area contributed by atoms with Crippen LogP contribution in [-0.4, -0.2) is 25.7 Å². The summed E-state index contributed by atoms with van der Waals surface area (Å²) >= 11 is 1.17.